The Kier molecular flexibility index (Phi) is 3.73. The summed E-state index contributed by atoms with van der Waals surface area (Å²) >= 11 is 0. The van der Waals surface area contributed by atoms with Crippen LogP contribution < -0.4 is 5.73 Å². The summed E-state index contributed by atoms with van der Waals surface area (Å²) in [5.41, 5.74) is 5.24. The summed E-state index contributed by atoms with van der Waals surface area (Å²) in [5.74, 6) is 0.373. The van der Waals surface area contributed by atoms with E-state index in [2.05, 4.69) is 0 Å². The molecule has 6 heteroatoms. The molecule has 1 unspecified atom stereocenters. The lowest BCUT2D eigenvalue weighted by atomic mass is 10.3. The standard InChI is InChI=1S/C8H10N2O3S/c9-5-6-14(13)8-3-1-7(2-4-8)10(11)12/h1-4H,5-6,9H2. The highest BCUT2D eigenvalue weighted by Gasteiger charge is 2.07. The monoisotopic (exact) mass is 214 g/mol. The van der Waals surface area contributed by atoms with Gasteiger partial charge >= 0.3 is 0 Å². The summed E-state index contributed by atoms with van der Waals surface area (Å²) in [5, 5.41) is 10.3. The van der Waals surface area contributed by atoms with Gasteiger partial charge in [-0.15, -0.1) is 0 Å². The number of nitrogens with two attached hydrogens (primary N) is 1. The van der Waals surface area contributed by atoms with Crippen LogP contribution in [0.25, 0.3) is 0 Å². The maximum Gasteiger partial charge on any atom is 0.269 e. The zero-order valence-corrected chi connectivity index (χ0v) is 8.20. The Balaban J connectivity index is 2.83. The van der Waals surface area contributed by atoms with E-state index in [9.17, 15) is 14.3 Å². The number of nitro benzene ring substituents is 1. The number of benzene rings is 1. The molecule has 1 atom stereocenters. The van der Waals surface area contributed by atoms with Gasteiger partial charge in [0.05, 0.1) is 15.7 Å². The summed E-state index contributed by atoms with van der Waals surface area (Å²) in [4.78, 5) is 10.4. The minimum absolute atomic E-state index is 0.00139. The van der Waals surface area contributed by atoms with Crippen LogP contribution in [0.15, 0.2) is 29.2 Å². The van der Waals surface area contributed by atoms with Gasteiger partial charge in [0, 0.05) is 29.3 Å². The predicted octanol–water partition coefficient (Wildman–Crippen LogP) is 0.661. The third-order valence-corrected chi connectivity index (χ3v) is 3.02. The molecule has 0 heterocycles. The fraction of sp³-hybridized carbons (Fsp3) is 0.250. The zero-order chi connectivity index (χ0) is 10.6. The van der Waals surface area contributed by atoms with E-state index in [0.717, 1.165) is 0 Å². The van der Waals surface area contributed by atoms with Gasteiger partial charge in [-0.2, -0.15) is 0 Å². The van der Waals surface area contributed by atoms with Crippen molar-refractivity contribution in [3.8, 4) is 0 Å². The topological polar surface area (TPSA) is 86.2 Å². The third-order valence-electron chi connectivity index (χ3n) is 1.61. The fourth-order valence-electron chi connectivity index (χ4n) is 0.945. The van der Waals surface area contributed by atoms with Crippen LogP contribution in [0.2, 0.25) is 0 Å². The van der Waals surface area contributed by atoms with Crippen molar-refractivity contribution in [2.45, 2.75) is 4.90 Å². The molecular weight excluding hydrogens is 204 g/mol. The molecule has 0 aromatic heterocycles. The van der Waals surface area contributed by atoms with Crippen LogP contribution in [-0.4, -0.2) is 21.4 Å². The van der Waals surface area contributed by atoms with Gasteiger partial charge in [-0.05, 0) is 12.1 Å². The van der Waals surface area contributed by atoms with E-state index in [-0.39, 0.29) is 5.69 Å². The van der Waals surface area contributed by atoms with Gasteiger partial charge in [0.1, 0.15) is 0 Å². The largest absolute Gasteiger partial charge is 0.330 e. The minimum atomic E-state index is -1.15. The highest BCUT2D eigenvalue weighted by Crippen LogP contribution is 2.14. The number of nitrogens with zero attached hydrogens (tertiary/aromatic N) is 1. The van der Waals surface area contributed by atoms with Gasteiger partial charge in [0.15, 0.2) is 0 Å². The second kappa shape index (κ2) is 4.83. The van der Waals surface area contributed by atoms with Crippen molar-refractivity contribution in [3.63, 3.8) is 0 Å². The van der Waals surface area contributed by atoms with Crippen molar-refractivity contribution in [1.82, 2.24) is 0 Å². The van der Waals surface area contributed by atoms with Gasteiger partial charge in [-0.25, -0.2) is 0 Å². The molecular formula is C8H10N2O3S. The molecule has 5 nitrogen and oxygen atoms in total. The van der Waals surface area contributed by atoms with E-state index in [1.54, 1.807) is 0 Å². The molecule has 1 aromatic carbocycles. The first-order valence-electron chi connectivity index (χ1n) is 3.98. The van der Waals surface area contributed by atoms with E-state index < -0.39 is 15.7 Å². The van der Waals surface area contributed by atoms with E-state index in [1.165, 1.54) is 24.3 Å². The van der Waals surface area contributed by atoms with Gasteiger partial charge in [0.2, 0.25) is 0 Å². The first-order chi connectivity index (χ1) is 6.65. The van der Waals surface area contributed by atoms with Crippen LogP contribution in [-0.2, 0) is 10.8 Å². The number of rotatable bonds is 4. The molecule has 0 radical (unpaired) electrons. The van der Waals surface area contributed by atoms with Gasteiger partial charge in [-0.3, -0.25) is 14.3 Å². The van der Waals surface area contributed by atoms with Crippen LogP contribution in [0, 0.1) is 10.1 Å². The lowest BCUT2D eigenvalue weighted by Crippen LogP contribution is -2.10. The lowest BCUT2D eigenvalue weighted by Gasteiger charge is -1.99. The third kappa shape index (κ3) is 2.61. The smallest absolute Gasteiger partial charge is 0.269 e. The van der Waals surface area contributed by atoms with Crippen LogP contribution in [0.1, 0.15) is 0 Å². The fourth-order valence-corrected chi connectivity index (χ4v) is 1.83. The summed E-state index contributed by atoms with van der Waals surface area (Å²) in [7, 11) is -1.15. The average molecular weight is 214 g/mol. The summed E-state index contributed by atoms with van der Waals surface area (Å²) in [6, 6.07) is 5.65. The summed E-state index contributed by atoms with van der Waals surface area (Å²) < 4.78 is 11.4. The first-order valence-corrected chi connectivity index (χ1v) is 5.30. The molecule has 0 bridgehead atoms. The quantitative estimate of drug-likeness (QED) is 0.589. The van der Waals surface area contributed by atoms with Crippen LogP contribution >= 0.6 is 0 Å². The first kappa shape index (κ1) is 10.8. The Morgan fingerprint density at radius 1 is 1.36 bits per heavy atom. The highest BCUT2D eigenvalue weighted by molar-refractivity contribution is 7.85. The van der Waals surface area contributed by atoms with Gasteiger partial charge < -0.3 is 5.73 Å². The Morgan fingerprint density at radius 3 is 2.36 bits per heavy atom. The summed E-state index contributed by atoms with van der Waals surface area (Å²) in [6.45, 7) is 0.337. The molecule has 76 valence electrons. The molecule has 0 spiro atoms. The Labute approximate surface area is 83.5 Å². The second-order valence-electron chi connectivity index (χ2n) is 2.59. The SMILES string of the molecule is NCCS(=O)c1ccc([N+](=O)[O-])cc1. The number of non-ortho nitro benzene ring substituents is 1. The van der Waals surface area contributed by atoms with Crippen LogP contribution in [0.3, 0.4) is 0 Å². The van der Waals surface area contributed by atoms with E-state index in [0.29, 0.717) is 17.2 Å². The number of nitro groups is 1. The van der Waals surface area contributed by atoms with Crippen molar-refractivity contribution < 1.29 is 9.13 Å². The molecule has 0 aliphatic heterocycles. The molecule has 0 fully saturated rings. The molecule has 0 aliphatic carbocycles. The highest BCUT2D eigenvalue weighted by atomic mass is 32.2. The summed E-state index contributed by atoms with van der Waals surface area (Å²) in [6.07, 6.45) is 0. The lowest BCUT2D eigenvalue weighted by molar-refractivity contribution is -0.384. The van der Waals surface area contributed by atoms with Crippen LogP contribution in [0.4, 0.5) is 5.69 Å². The van der Waals surface area contributed by atoms with Crippen molar-refractivity contribution in [1.29, 1.82) is 0 Å². The molecule has 0 saturated carbocycles. The normalized spacial score (nSPS) is 12.4. The molecule has 1 aromatic rings. The van der Waals surface area contributed by atoms with Crippen molar-refractivity contribution in [2.75, 3.05) is 12.3 Å². The second-order valence-corrected chi connectivity index (χ2v) is 4.16. The zero-order valence-electron chi connectivity index (χ0n) is 7.38. The molecule has 2 N–H and O–H groups in total. The van der Waals surface area contributed by atoms with E-state index in [4.69, 9.17) is 5.73 Å². The Bertz CT molecular complexity index is 350. The predicted molar refractivity (Wildman–Crippen MR) is 53.4 cm³/mol. The number of hydrogen-bond acceptors (Lipinski definition) is 4. The molecule has 14 heavy (non-hydrogen) atoms. The molecule has 0 saturated heterocycles. The Morgan fingerprint density at radius 2 is 1.93 bits per heavy atom. The number of hydrogen-bond donors (Lipinski definition) is 1. The average Bonchev–Trinajstić information content (AvgIpc) is 2.18. The molecule has 0 amide bonds. The van der Waals surface area contributed by atoms with E-state index in [1.807, 2.05) is 0 Å². The molecule has 0 aliphatic rings. The van der Waals surface area contributed by atoms with Gasteiger partial charge in [-0.1, -0.05) is 0 Å². The maximum atomic E-state index is 11.4. The van der Waals surface area contributed by atoms with Gasteiger partial charge in [0.25, 0.3) is 5.69 Å². The maximum absolute atomic E-state index is 11.4. The Hall–Kier alpha value is -1.27. The molecule has 1 rings (SSSR count). The van der Waals surface area contributed by atoms with Crippen molar-refractivity contribution in [3.05, 3.63) is 34.4 Å². The minimum Gasteiger partial charge on any atom is -0.330 e. The van der Waals surface area contributed by atoms with Crippen molar-refractivity contribution >= 4 is 16.5 Å². The van der Waals surface area contributed by atoms with Crippen molar-refractivity contribution in [2.24, 2.45) is 5.73 Å². The van der Waals surface area contributed by atoms with Crippen LogP contribution in [0.5, 0.6) is 0 Å². The van der Waals surface area contributed by atoms with E-state index >= 15 is 0 Å².